The molecule has 1 atom stereocenters. The Morgan fingerprint density at radius 3 is 3.00 bits per heavy atom. The lowest BCUT2D eigenvalue weighted by Gasteiger charge is -2.27. The number of nitrogens with zero attached hydrogens (tertiary/aromatic N) is 3. The molecular weight excluding hydrogens is 342 g/mol. The van der Waals surface area contributed by atoms with Crippen molar-refractivity contribution in [3.05, 3.63) is 53.7 Å². The van der Waals surface area contributed by atoms with Gasteiger partial charge >= 0.3 is 5.97 Å². The van der Waals surface area contributed by atoms with Gasteiger partial charge in [0, 0.05) is 6.54 Å². The molecule has 1 aliphatic heterocycles. The standard InChI is InChI=1S/C17H19N3O2S2/c1-20-10-6-5-9-14(20)16-17(19-24-18-16)23-12-15(21)22-11-13-7-3-2-4-8-13/h2-5,7-9,14H,6,10-12H2,1H3. The van der Waals surface area contributed by atoms with Crippen molar-refractivity contribution in [3.63, 3.8) is 0 Å². The molecule has 0 saturated carbocycles. The SMILES string of the molecule is CN1CCC=CC1c1nsnc1SCC(=O)OCc1ccccc1. The third-order valence-corrected chi connectivity index (χ3v) is 5.39. The van der Waals surface area contributed by atoms with Crippen molar-refractivity contribution in [3.8, 4) is 0 Å². The molecule has 1 aliphatic rings. The van der Waals surface area contributed by atoms with Crippen LogP contribution in [0.5, 0.6) is 0 Å². The lowest BCUT2D eigenvalue weighted by atomic mass is 10.1. The summed E-state index contributed by atoms with van der Waals surface area (Å²) in [4.78, 5) is 14.2. The summed E-state index contributed by atoms with van der Waals surface area (Å²) in [6.45, 7) is 1.30. The molecule has 1 aromatic carbocycles. The molecular formula is C17H19N3O2S2. The summed E-state index contributed by atoms with van der Waals surface area (Å²) in [6, 6.07) is 9.82. The fourth-order valence-corrected chi connectivity index (χ4v) is 3.98. The smallest absolute Gasteiger partial charge is 0.316 e. The lowest BCUT2D eigenvalue weighted by Crippen LogP contribution is -2.27. The highest BCUT2D eigenvalue weighted by Gasteiger charge is 2.23. The highest BCUT2D eigenvalue weighted by Crippen LogP contribution is 2.31. The molecule has 3 rings (SSSR count). The zero-order chi connectivity index (χ0) is 16.8. The minimum Gasteiger partial charge on any atom is -0.460 e. The van der Waals surface area contributed by atoms with E-state index in [1.807, 2.05) is 30.3 Å². The van der Waals surface area contributed by atoms with Crippen molar-refractivity contribution in [2.24, 2.45) is 0 Å². The molecule has 0 spiro atoms. The maximum absolute atomic E-state index is 12.0. The first-order valence-corrected chi connectivity index (χ1v) is 9.47. The summed E-state index contributed by atoms with van der Waals surface area (Å²) in [7, 11) is 2.08. The van der Waals surface area contributed by atoms with Gasteiger partial charge in [-0.3, -0.25) is 9.69 Å². The second kappa shape index (κ2) is 8.41. The minimum absolute atomic E-state index is 0.139. The molecule has 0 bridgehead atoms. The molecule has 2 aromatic rings. The second-order valence-corrected chi connectivity index (χ2v) is 7.02. The molecule has 0 saturated heterocycles. The van der Waals surface area contributed by atoms with E-state index in [1.165, 1.54) is 23.5 Å². The van der Waals surface area contributed by atoms with Gasteiger partial charge in [-0.15, -0.1) is 0 Å². The summed E-state index contributed by atoms with van der Waals surface area (Å²) >= 11 is 2.58. The van der Waals surface area contributed by atoms with E-state index in [9.17, 15) is 4.79 Å². The highest BCUT2D eigenvalue weighted by atomic mass is 32.2. The first-order chi connectivity index (χ1) is 11.7. The van der Waals surface area contributed by atoms with E-state index in [-0.39, 0.29) is 17.8 Å². The van der Waals surface area contributed by atoms with E-state index in [0.29, 0.717) is 6.61 Å². The molecule has 1 aromatic heterocycles. The van der Waals surface area contributed by atoms with Crippen LogP contribution in [0.15, 0.2) is 47.5 Å². The van der Waals surface area contributed by atoms with Gasteiger partial charge < -0.3 is 4.74 Å². The number of esters is 1. The van der Waals surface area contributed by atoms with Crippen molar-refractivity contribution in [2.75, 3.05) is 19.3 Å². The molecule has 24 heavy (non-hydrogen) atoms. The largest absolute Gasteiger partial charge is 0.460 e. The molecule has 0 N–H and O–H groups in total. The van der Waals surface area contributed by atoms with Gasteiger partial charge in [0.1, 0.15) is 17.3 Å². The quantitative estimate of drug-likeness (QED) is 0.447. The third kappa shape index (κ3) is 4.43. The number of likely N-dealkylation sites (N-methyl/N-ethyl adjacent to an activating group) is 1. The number of hydrogen-bond acceptors (Lipinski definition) is 7. The minimum atomic E-state index is -0.240. The monoisotopic (exact) mass is 361 g/mol. The zero-order valence-corrected chi connectivity index (χ0v) is 15.1. The topological polar surface area (TPSA) is 55.3 Å². The average Bonchev–Trinajstić information content (AvgIpc) is 3.08. The lowest BCUT2D eigenvalue weighted by molar-refractivity contribution is -0.141. The van der Waals surface area contributed by atoms with Crippen molar-refractivity contribution >= 4 is 29.5 Å². The summed E-state index contributed by atoms with van der Waals surface area (Å²) < 4.78 is 14.1. The first kappa shape index (κ1) is 17.1. The number of rotatable bonds is 6. The number of carbonyl (C=O) groups is 1. The van der Waals surface area contributed by atoms with E-state index < -0.39 is 0 Å². The molecule has 0 radical (unpaired) electrons. The van der Waals surface area contributed by atoms with Crippen molar-refractivity contribution < 1.29 is 9.53 Å². The van der Waals surface area contributed by atoms with Crippen LogP contribution >= 0.6 is 23.5 Å². The molecule has 2 heterocycles. The van der Waals surface area contributed by atoms with E-state index in [2.05, 4.69) is 32.8 Å². The predicted octanol–water partition coefficient (Wildman–Crippen LogP) is 3.31. The van der Waals surface area contributed by atoms with Crippen LogP contribution in [0.3, 0.4) is 0 Å². The Hall–Kier alpha value is -1.70. The second-order valence-electron chi connectivity index (χ2n) is 5.53. The maximum atomic E-state index is 12.0. The number of ether oxygens (including phenoxy) is 1. The number of aromatic nitrogens is 2. The number of hydrogen-bond donors (Lipinski definition) is 0. The van der Waals surface area contributed by atoms with E-state index >= 15 is 0 Å². The Morgan fingerprint density at radius 1 is 1.38 bits per heavy atom. The molecule has 0 fully saturated rings. The molecule has 5 nitrogen and oxygen atoms in total. The van der Waals surface area contributed by atoms with Gasteiger partial charge in [-0.25, -0.2) is 0 Å². The summed E-state index contributed by atoms with van der Waals surface area (Å²) in [5.41, 5.74) is 1.92. The Kier molecular flexibility index (Phi) is 6.01. The van der Waals surface area contributed by atoms with Gasteiger partial charge in [-0.1, -0.05) is 54.2 Å². The summed E-state index contributed by atoms with van der Waals surface area (Å²) in [6.07, 6.45) is 5.38. The Labute approximate surface area is 150 Å². The van der Waals surface area contributed by atoms with E-state index in [0.717, 1.165) is 29.2 Å². The average molecular weight is 361 g/mol. The summed E-state index contributed by atoms with van der Waals surface area (Å²) in [5.74, 6) is 0.00104. The highest BCUT2D eigenvalue weighted by molar-refractivity contribution is 8.00. The Bertz CT molecular complexity index is 703. The molecule has 126 valence electrons. The summed E-state index contributed by atoms with van der Waals surface area (Å²) in [5, 5.41) is 0.820. The fraction of sp³-hybridized carbons (Fsp3) is 0.353. The van der Waals surface area contributed by atoms with Crippen molar-refractivity contribution in [1.82, 2.24) is 13.6 Å². The van der Waals surface area contributed by atoms with Crippen LogP contribution in [0.25, 0.3) is 0 Å². The first-order valence-electron chi connectivity index (χ1n) is 7.76. The van der Waals surface area contributed by atoms with Gasteiger partial charge in [-0.05, 0) is 19.0 Å². The molecule has 0 amide bonds. The zero-order valence-electron chi connectivity index (χ0n) is 13.4. The maximum Gasteiger partial charge on any atom is 0.316 e. The van der Waals surface area contributed by atoms with Crippen molar-refractivity contribution in [2.45, 2.75) is 24.1 Å². The van der Waals surface area contributed by atoms with E-state index in [1.54, 1.807) is 0 Å². The van der Waals surface area contributed by atoms with Crippen LogP contribution < -0.4 is 0 Å². The third-order valence-electron chi connectivity index (χ3n) is 3.77. The van der Waals surface area contributed by atoms with Crippen LogP contribution in [0.4, 0.5) is 0 Å². The van der Waals surface area contributed by atoms with E-state index in [4.69, 9.17) is 4.74 Å². The molecule has 1 unspecified atom stereocenters. The molecule has 7 heteroatoms. The van der Waals surface area contributed by atoms with Gasteiger partial charge in [0.05, 0.1) is 23.5 Å². The van der Waals surface area contributed by atoms with Gasteiger partial charge in [0.25, 0.3) is 0 Å². The number of carbonyl (C=O) groups excluding carboxylic acids is 1. The van der Waals surface area contributed by atoms with Gasteiger partial charge in [0.15, 0.2) is 0 Å². The number of benzene rings is 1. The van der Waals surface area contributed by atoms with Crippen LogP contribution in [-0.2, 0) is 16.1 Å². The molecule has 0 aliphatic carbocycles. The van der Waals surface area contributed by atoms with Gasteiger partial charge in [-0.2, -0.15) is 8.75 Å². The van der Waals surface area contributed by atoms with Crippen molar-refractivity contribution in [1.29, 1.82) is 0 Å². The van der Waals surface area contributed by atoms with Crippen LogP contribution in [-0.4, -0.2) is 39.0 Å². The van der Waals surface area contributed by atoms with Crippen LogP contribution in [0, 0.1) is 0 Å². The number of thioether (sulfide) groups is 1. The van der Waals surface area contributed by atoms with Gasteiger partial charge in [0.2, 0.25) is 0 Å². The van der Waals surface area contributed by atoms with Crippen LogP contribution in [0.2, 0.25) is 0 Å². The fourth-order valence-electron chi connectivity index (χ4n) is 2.46. The van der Waals surface area contributed by atoms with Crippen LogP contribution in [0.1, 0.15) is 23.7 Å². The Balaban J connectivity index is 1.53. The normalized spacial score (nSPS) is 17.8. The predicted molar refractivity (Wildman–Crippen MR) is 96.0 cm³/mol. The Morgan fingerprint density at radius 2 is 2.21 bits per heavy atom.